The van der Waals surface area contributed by atoms with Crippen LogP contribution in [0.4, 0.5) is 0 Å². The highest BCUT2D eigenvalue weighted by Crippen LogP contribution is 2.27. The zero-order valence-electron chi connectivity index (χ0n) is 12.1. The summed E-state index contributed by atoms with van der Waals surface area (Å²) in [6, 6.07) is 11.1. The van der Waals surface area contributed by atoms with Crippen LogP contribution in [0.2, 0.25) is 0 Å². The first-order valence-corrected chi connectivity index (χ1v) is 7.24. The van der Waals surface area contributed by atoms with Crippen LogP contribution in [-0.4, -0.2) is 44.3 Å². The summed E-state index contributed by atoms with van der Waals surface area (Å²) in [4.78, 5) is 2.54. The van der Waals surface area contributed by atoms with Crippen LogP contribution >= 0.6 is 0 Å². The fraction of sp³-hybridized carbons (Fsp3) is 0.625. The van der Waals surface area contributed by atoms with Crippen LogP contribution in [0.25, 0.3) is 0 Å². The van der Waals surface area contributed by atoms with E-state index in [9.17, 15) is 0 Å². The molecule has 3 heteroatoms. The van der Waals surface area contributed by atoms with Crippen molar-refractivity contribution >= 4 is 0 Å². The van der Waals surface area contributed by atoms with E-state index in [1.54, 1.807) is 7.11 Å². The van der Waals surface area contributed by atoms with Gasteiger partial charge < -0.3 is 10.5 Å². The minimum atomic E-state index is 0.434. The third kappa shape index (κ3) is 3.56. The molecule has 3 unspecified atom stereocenters. The minimum absolute atomic E-state index is 0.434. The van der Waals surface area contributed by atoms with Gasteiger partial charge in [0.1, 0.15) is 0 Å². The van der Waals surface area contributed by atoms with Crippen molar-refractivity contribution in [1.29, 1.82) is 0 Å². The molecule has 1 aromatic rings. The molecule has 1 fully saturated rings. The van der Waals surface area contributed by atoms with E-state index in [2.05, 4.69) is 42.2 Å². The summed E-state index contributed by atoms with van der Waals surface area (Å²) in [6.45, 7) is 6.14. The molecule has 0 aromatic heterocycles. The molecular formula is C16H26N2O. The van der Waals surface area contributed by atoms with E-state index in [4.69, 9.17) is 10.5 Å². The van der Waals surface area contributed by atoms with Gasteiger partial charge in [-0.2, -0.15) is 0 Å². The van der Waals surface area contributed by atoms with E-state index >= 15 is 0 Å². The quantitative estimate of drug-likeness (QED) is 0.853. The Morgan fingerprint density at radius 2 is 2.11 bits per heavy atom. The minimum Gasteiger partial charge on any atom is -0.384 e. The molecule has 106 valence electrons. The average Bonchev–Trinajstić information content (AvgIpc) is 2.89. The molecule has 1 aromatic carbocycles. The van der Waals surface area contributed by atoms with Crippen molar-refractivity contribution in [3.8, 4) is 0 Å². The second-order valence-corrected chi connectivity index (χ2v) is 5.61. The Kier molecular flexibility index (Phi) is 5.37. The standard InChI is InChI=1S/C16H26N2O/c1-13(15-6-4-3-5-7-15)16(10-17)18-9-8-14(11-18)12-19-2/h3-7,13-14,16H,8-12,17H2,1-2H3. The molecule has 2 rings (SSSR count). The Morgan fingerprint density at radius 3 is 2.74 bits per heavy atom. The Morgan fingerprint density at radius 1 is 1.37 bits per heavy atom. The summed E-state index contributed by atoms with van der Waals surface area (Å²) in [6.07, 6.45) is 1.23. The highest BCUT2D eigenvalue weighted by molar-refractivity contribution is 5.20. The zero-order valence-corrected chi connectivity index (χ0v) is 12.1. The third-order valence-electron chi connectivity index (χ3n) is 4.33. The van der Waals surface area contributed by atoms with Crippen molar-refractivity contribution in [2.45, 2.75) is 25.3 Å². The molecule has 1 aliphatic rings. The predicted molar refractivity (Wildman–Crippen MR) is 79.3 cm³/mol. The number of benzene rings is 1. The molecule has 0 saturated carbocycles. The molecule has 1 heterocycles. The second kappa shape index (κ2) is 7.04. The first-order valence-electron chi connectivity index (χ1n) is 7.24. The molecule has 1 aliphatic heterocycles. The van der Waals surface area contributed by atoms with Crippen LogP contribution in [0.1, 0.15) is 24.8 Å². The molecule has 3 atom stereocenters. The zero-order chi connectivity index (χ0) is 13.7. The van der Waals surface area contributed by atoms with Crippen molar-refractivity contribution in [3.05, 3.63) is 35.9 Å². The van der Waals surface area contributed by atoms with Gasteiger partial charge >= 0.3 is 0 Å². The number of nitrogens with two attached hydrogens (primary N) is 1. The summed E-state index contributed by atoms with van der Waals surface area (Å²) in [5.41, 5.74) is 7.42. The smallest absolute Gasteiger partial charge is 0.0503 e. The van der Waals surface area contributed by atoms with Crippen molar-refractivity contribution in [3.63, 3.8) is 0 Å². The van der Waals surface area contributed by atoms with E-state index in [1.807, 2.05) is 0 Å². The van der Waals surface area contributed by atoms with Gasteiger partial charge in [0.05, 0.1) is 6.61 Å². The van der Waals surface area contributed by atoms with Crippen LogP contribution in [0, 0.1) is 5.92 Å². The van der Waals surface area contributed by atoms with Gasteiger partial charge in [-0.05, 0) is 30.4 Å². The summed E-state index contributed by atoms with van der Waals surface area (Å²) < 4.78 is 5.27. The van der Waals surface area contributed by atoms with Gasteiger partial charge in [0.2, 0.25) is 0 Å². The van der Waals surface area contributed by atoms with E-state index in [1.165, 1.54) is 12.0 Å². The van der Waals surface area contributed by atoms with Gasteiger partial charge in [-0.25, -0.2) is 0 Å². The number of methoxy groups -OCH3 is 1. The largest absolute Gasteiger partial charge is 0.384 e. The van der Waals surface area contributed by atoms with E-state index in [0.29, 0.717) is 17.9 Å². The number of hydrogen-bond donors (Lipinski definition) is 1. The number of rotatable bonds is 6. The molecule has 2 N–H and O–H groups in total. The first-order chi connectivity index (χ1) is 9.26. The lowest BCUT2D eigenvalue weighted by Crippen LogP contribution is -2.42. The Balaban J connectivity index is 2.00. The predicted octanol–water partition coefficient (Wildman–Crippen LogP) is 2.09. The van der Waals surface area contributed by atoms with E-state index in [-0.39, 0.29) is 0 Å². The number of likely N-dealkylation sites (tertiary alicyclic amines) is 1. The normalized spacial score (nSPS) is 23.4. The number of nitrogens with zero attached hydrogens (tertiary/aromatic N) is 1. The SMILES string of the molecule is COCC1CCN(C(CN)C(C)c2ccccc2)C1. The van der Waals surface area contributed by atoms with Gasteiger partial charge in [0.15, 0.2) is 0 Å². The Bertz CT molecular complexity index is 368. The summed E-state index contributed by atoms with van der Waals surface area (Å²) in [5, 5.41) is 0. The van der Waals surface area contributed by atoms with Gasteiger partial charge in [-0.15, -0.1) is 0 Å². The molecule has 3 nitrogen and oxygen atoms in total. The topological polar surface area (TPSA) is 38.5 Å². The highest BCUT2D eigenvalue weighted by atomic mass is 16.5. The van der Waals surface area contributed by atoms with Gasteiger partial charge in [0, 0.05) is 26.2 Å². The molecule has 0 bridgehead atoms. The van der Waals surface area contributed by atoms with Gasteiger partial charge in [-0.1, -0.05) is 37.3 Å². The maximum Gasteiger partial charge on any atom is 0.0503 e. The van der Waals surface area contributed by atoms with Crippen LogP contribution in [0.3, 0.4) is 0 Å². The Labute approximate surface area is 116 Å². The van der Waals surface area contributed by atoms with Crippen molar-refractivity contribution in [1.82, 2.24) is 4.90 Å². The summed E-state index contributed by atoms with van der Waals surface area (Å²) >= 11 is 0. The summed E-state index contributed by atoms with van der Waals surface area (Å²) in [7, 11) is 1.79. The monoisotopic (exact) mass is 262 g/mol. The van der Waals surface area contributed by atoms with Crippen LogP contribution in [0.15, 0.2) is 30.3 Å². The first kappa shape index (κ1) is 14.5. The maximum absolute atomic E-state index is 6.04. The fourth-order valence-corrected chi connectivity index (χ4v) is 3.18. The lowest BCUT2D eigenvalue weighted by Gasteiger charge is -2.32. The molecule has 1 saturated heterocycles. The van der Waals surface area contributed by atoms with E-state index < -0.39 is 0 Å². The van der Waals surface area contributed by atoms with Crippen LogP contribution in [-0.2, 0) is 4.74 Å². The maximum atomic E-state index is 6.04. The van der Waals surface area contributed by atoms with Crippen molar-refractivity contribution in [2.24, 2.45) is 11.7 Å². The lowest BCUT2D eigenvalue weighted by atomic mass is 9.92. The molecule has 0 spiro atoms. The van der Waals surface area contributed by atoms with Crippen molar-refractivity contribution in [2.75, 3.05) is 33.4 Å². The Hall–Kier alpha value is -0.900. The van der Waals surface area contributed by atoms with E-state index in [0.717, 1.165) is 26.2 Å². The second-order valence-electron chi connectivity index (χ2n) is 5.61. The van der Waals surface area contributed by atoms with Crippen LogP contribution in [0.5, 0.6) is 0 Å². The number of hydrogen-bond acceptors (Lipinski definition) is 3. The average molecular weight is 262 g/mol. The molecule has 0 aliphatic carbocycles. The lowest BCUT2D eigenvalue weighted by molar-refractivity contribution is 0.144. The third-order valence-corrected chi connectivity index (χ3v) is 4.33. The van der Waals surface area contributed by atoms with Crippen molar-refractivity contribution < 1.29 is 4.74 Å². The fourth-order valence-electron chi connectivity index (χ4n) is 3.18. The molecular weight excluding hydrogens is 236 g/mol. The highest BCUT2D eigenvalue weighted by Gasteiger charge is 2.30. The van der Waals surface area contributed by atoms with Gasteiger partial charge in [0.25, 0.3) is 0 Å². The molecule has 0 radical (unpaired) electrons. The molecule has 0 amide bonds. The van der Waals surface area contributed by atoms with Crippen LogP contribution < -0.4 is 5.73 Å². The summed E-state index contributed by atoms with van der Waals surface area (Å²) in [5.74, 6) is 1.15. The molecule has 19 heavy (non-hydrogen) atoms. The number of ether oxygens (including phenoxy) is 1. The van der Waals surface area contributed by atoms with Gasteiger partial charge in [-0.3, -0.25) is 4.90 Å².